The number of fused-ring (bicyclic) bond motifs is 2. The number of aliphatic hydroxyl groups excluding tert-OH is 1. The van der Waals surface area contributed by atoms with E-state index in [4.69, 9.17) is 0 Å². The lowest BCUT2D eigenvalue weighted by Gasteiger charge is -2.39. The predicted molar refractivity (Wildman–Crippen MR) is 62.7 cm³/mol. The van der Waals surface area contributed by atoms with E-state index in [1.165, 1.54) is 19.3 Å². The number of aliphatic hydroxyl groups is 1. The van der Waals surface area contributed by atoms with Crippen molar-refractivity contribution in [1.29, 1.82) is 0 Å². The summed E-state index contributed by atoms with van der Waals surface area (Å²) in [6.45, 7) is 9.87. The lowest BCUT2D eigenvalue weighted by molar-refractivity contribution is 0.109. The smallest absolute Gasteiger partial charge is 0.0636 e. The highest BCUT2D eigenvalue weighted by Crippen LogP contribution is 2.65. The van der Waals surface area contributed by atoms with Crippen LogP contribution in [0.3, 0.4) is 0 Å². The van der Waals surface area contributed by atoms with Crippen molar-refractivity contribution < 1.29 is 5.11 Å². The van der Waals surface area contributed by atoms with Crippen LogP contribution >= 0.6 is 0 Å². The van der Waals surface area contributed by atoms with Gasteiger partial charge in [0.2, 0.25) is 0 Å². The second-order valence-electron chi connectivity index (χ2n) is 6.42. The Morgan fingerprint density at radius 3 is 2.47 bits per heavy atom. The van der Waals surface area contributed by atoms with Gasteiger partial charge in [-0.3, -0.25) is 0 Å². The maximum Gasteiger partial charge on any atom is 0.0636 e. The Morgan fingerprint density at radius 1 is 1.40 bits per heavy atom. The molecule has 0 aromatic heterocycles. The first-order valence-corrected chi connectivity index (χ1v) is 6.29. The summed E-state index contributed by atoms with van der Waals surface area (Å²) in [5, 5.41) is 12.9. The minimum Gasteiger partial charge on any atom is -0.392 e. The lowest BCUT2D eigenvalue weighted by atomic mass is 9.69. The van der Waals surface area contributed by atoms with Crippen LogP contribution < -0.4 is 5.32 Å². The largest absolute Gasteiger partial charge is 0.392 e. The van der Waals surface area contributed by atoms with Gasteiger partial charge in [0.1, 0.15) is 0 Å². The third-order valence-electron chi connectivity index (χ3n) is 5.45. The second kappa shape index (κ2) is 3.46. The van der Waals surface area contributed by atoms with Gasteiger partial charge < -0.3 is 10.4 Å². The summed E-state index contributed by atoms with van der Waals surface area (Å²) >= 11 is 0. The van der Waals surface area contributed by atoms with Crippen LogP contribution in [-0.2, 0) is 0 Å². The summed E-state index contributed by atoms with van der Waals surface area (Å²) in [6.07, 6.45) is 3.82. The summed E-state index contributed by atoms with van der Waals surface area (Å²) < 4.78 is 0. The highest BCUT2D eigenvalue weighted by atomic mass is 16.3. The molecular weight excluding hydrogens is 186 g/mol. The zero-order valence-corrected chi connectivity index (χ0v) is 10.5. The molecule has 0 aliphatic heterocycles. The predicted octanol–water partition coefficient (Wildman–Crippen LogP) is 2.17. The third kappa shape index (κ3) is 1.53. The molecule has 2 aliphatic carbocycles. The van der Waals surface area contributed by atoms with Crippen LogP contribution in [0, 0.1) is 16.7 Å². The van der Waals surface area contributed by atoms with Crippen molar-refractivity contribution in [2.45, 2.75) is 59.1 Å². The average molecular weight is 211 g/mol. The molecule has 0 radical (unpaired) electrons. The molecule has 2 nitrogen and oxygen atoms in total. The van der Waals surface area contributed by atoms with Crippen LogP contribution in [0.1, 0.15) is 47.0 Å². The van der Waals surface area contributed by atoms with E-state index in [1.807, 2.05) is 6.92 Å². The highest BCUT2D eigenvalue weighted by molar-refractivity contribution is 5.12. The summed E-state index contributed by atoms with van der Waals surface area (Å²) in [7, 11) is 0. The van der Waals surface area contributed by atoms with E-state index in [2.05, 4.69) is 26.1 Å². The van der Waals surface area contributed by atoms with E-state index < -0.39 is 0 Å². The summed E-state index contributed by atoms with van der Waals surface area (Å²) in [5.41, 5.74) is 0.913. The van der Waals surface area contributed by atoms with Gasteiger partial charge in [-0.2, -0.15) is 0 Å². The van der Waals surface area contributed by atoms with Gasteiger partial charge in [0.05, 0.1) is 6.10 Å². The lowest BCUT2D eigenvalue weighted by Crippen LogP contribution is -2.46. The zero-order chi connectivity index (χ0) is 11.3. The minimum absolute atomic E-state index is 0.226. The van der Waals surface area contributed by atoms with E-state index in [1.54, 1.807) is 0 Å². The minimum atomic E-state index is -0.226. The maximum atomic E-state index is 9.33. The summed E-state index contributed by atoms with van der Waals surface area (Å²) in [4.78, 5) is 0. The molecule has 4 atom stereocenters. The molecule has 0 aromatic carbocycles. The molecule has 15 heavy (non-hydrogen) atoms. The number of rotatable bonds is 3. The third-order valence-corrected chi connectivity index (χ3v) is 5.45. The van der Waals surface area contributed by atoms with Crippen molar-refractivity contribution in [2.75, 3.05) is 6.54 Å². The molecule has 0 spiro atoms. The monoisotopic (exact) mass is 211 g/mol. The van der Waals surface area contributed by atoms with Crippen LogP contribution in [0.4, 0.5) is 0 Å². The molecule has 88 valence electrons. The van der Waals surface area contributed by atoms with Crippen LogP contribution in [0.25, 0.3) is 0 Å². The zero-order valence-electron chi connectivity index (χ0n) is 10.5. The number of hydrogen-bond acceptors (Lipinski definition) is 2. The Labute approximate surface area is 93.5 Å². The van der Waals surface area contributed by atoms with Gasteiger partial charge in [-0.25, -0.2) is 0 Å². The van der Waals surface area contributed by atoms with Gasteiger partial charge in [-0.1, -0.05) is 20.8 Å². The van der Waals surface area contributed by atoms with Crippen molar-refractivity contribution in [2.24, 2.45) is 16.7 Å². The molecule has 0 heterocycles. The normalized spacial score (nSPS) is 44.6. The Hall–Kier alpha value is -0.0800. The standard InChI is InChI=1S/C13H25NO/c1-9(15)8-14-11-7-10-5-6-13(11,4)12(10,2)3/h9-11,14-15H,5-8H2,1-4H3/t9-,10-,11+,13-/m1/s1. The molecule has 0 saturated heterocycles. The van der Waals surface area contributed by atoms with E-state index >= 15 is 0 Å². The second-order valence-corrected chi connectivity index (χ2v) is 6.42. The quantitative estimate of drug-likeness (QED) is 0.750. The number of hydrogen-bond donors (Lipinski definition) is 2. The fraction of sp³-hybridized carbons (Fsp3) is 1.00. The first-order valence-electron chi connectivity index (χ1n) is 6.29. The molecule has 2 saturated carbocycles. The first-order chi connectivity index (χ1) is 6.88. The molecule has 0 amide bonds. The highest BCUT2D eigenvalue weighted by Gasteiger charge is 2.60. The van der Waals surface area contributed by atoms with Gasteiger partial charge >= 0.3 is 0 Å². The Morgan fingerprint density at radius 2 is 2.07 bits per heavy atom. The SMILES string of the molecule is C[C@@H](O)CN[C@H]1C[C@H]2CC[C@@]1(C)C2(C)C. The van der Waals surface area contributed by atoms with E-state index in [0.29, 0.717) is 16.9 Å². The molecule has 2 N–H and O–H groups in total. The molecule has 2 fully saturated rings. The van der Waals surface area contributed by atoms with Gasteiger partial charge in [0.25, 0.3) is 0 Å². The Kier molecular flexibility index (Phi) is 2.63. The maximum absolute atomic E-state index is 9.33. The fourth-order valence-electron chi connectivity index (χ4n) is 3.83. The van der Waals surface area contributed by atoms with Crippen molar-refractivity contribution in [1.82, 2.24) is 5.32 Å². The van der Waals surface area contributed by atoms with Gasteiger partial charge in [0.15, 0.2) is 0 Å². The average Bonchev–Trinajstić information content (AvgIpc) is 2.46. The van der Waals surface area contributed by atoms with Crippen LogP contribution in [-0.4, -0.2) is 23.8 Å². The van der Waals surface area contributed by atoms with E-state index in [0.717, 1.165) is 12.5 Å². The molecule has 0 unspecified atom stereocenters. The van der Waals surface area contributed by atoms with Crippen molar-refractivity contribution in [3.05, 3.63) is 0 Å². The fourth-order valence-corrected chi connectivity index (χ4v) is 3.83. The van der Waals surface area contributed by atoms with E-state index in [9.17, 15) is 5.11 Å². The van der Waals surface area contributed by atoms with E-state index in [-0.39, 0.29) is 6.10 Å². The van der Waals surface area contributed by atoms with Crippen molar-refractivity contribution >= 4 is 0 Å². The van der Waals surface area contributed by atoms with Crippen LogP contribution in [0.15, 0.2) is 0 Å². The Bertz CT molecular complexity index is 249. The summed E-state index contributed by atoms with van der Waals surface area (Å²) in [5.74, 6) is 0.883. The van der Waals surface area contributed by atoms with Gasteiger partial charge in [-0.05, 0) is 42.9 Å². The molecule has 2 rings (SSSR count). The molecular formula is C13H25NO. The molecule has 2 aliphatic rings. The first kappa shape index (κ1) is 11.4. The van der Waals surface area contributed by atoms with Crippen molar-refractivity contribution in [3.63, 3.8) is 0 Å². The van der Waals surface area contributed by atoms with Gasteiger partial charge in [0, 0.05) is 12.6 Å². The van der Waals surface area contributed by atoms with Crippen LogP contribution in [0.5, 0.6) is 0 Å². The number of nitrogens with one attached hydrogen (secondary N) is 1. The molecule has 2 bridgehead atoms. The van der Waals surface area contributed by atoms with Crippen molar-refractivity contribution in [3.8, 4) is 0 Å². The van der Waals surface area contributed by atoms with Gasteiger partial charge in [-0.15, -0.1) is 0 Å². The van der Waals surface area contributed by atoms with Crippen LogP contribution in [0.2, 0.25) is 0 Å². The Balaban J connectivity index is 2.06. The molecule has 0 aromatic rings. The topological polar surface area (TPSA) is 32.3 Å². The summed E-state index contributed by atoms with van der Waals surface area (Å²) in [6, 6.07) is 0.612. The molecule has 2 heteroatoms.